The third-order valence-electron chi connectivity index (χ3n) is 3.82. The molecule has 0 saturated carbocycles. The van der Waals surface area contributed by atoms with Crippen LogP contribution in [0.5, 0.6) is 0 Å². The van der Waals surface area contributed by atoms with Gasteiger partial charge in [-0.25, -0.2) is 4.98 Å². The highest BCUT2D eigenvalue weighted by Crippen LogP contribution is 2.25. The van der Waals surface area contributed by atoms with Gasteiger partial charge in [-0.05, 0) is 18.4 Å². The predicted octanol–water partition coefficient (Wildman–Crippen LogP) is 2.42. The zero-order valence-corrected chi connectivity index (χ0v) is 13.6. The van der Waals surface area contributed by atoms with Gasteiger partial charge in [0, 0.05) is 10.9 Å². The quantitative estimate of drug-likeness (QED) is 0.853. The molecular weight excluding hydrogens is 302 g/mol. The van der Waals surface area contributed by atoms with Crippen molar-refractivity contribution in [2.75, 3.05) is 0 Å². The van der Waals surface area contributed by atoms with E-state index in [9.17, 15) is 9.59 Å². The molecule has 0 aliphatic carbocycles. The normalized spacial score (nSPS) is 13.8. The highest BCUT2D eigenvalue weighted by Gasteiger charge is 2.40. The maximum absolute atomic E-state index is 12.4. The number of furan rings is 1. The second-order valence-corrected chi connectivity index (χ2v) is 6.21. The number of hydrogen-bond acceptors (Lipinski definition) is 5. The van der Waals surface area contributed by atoms with Gasteiger partial charge in [-0.2, -0.15) is 0 Å². The molecule has 0 aliphatic rings. The molecule has 1 atom stereocenters. The van der Waals surface area contributed by atoms with Gasteiger partial charge in [0.05, 0.1) is 6.26 Å². The summed E-state index contributed by atoms with van der Waals surface area (Å²) in [5, 5.41) is 5.10. The number of carbonyl (C=O) groups excluding carboxylic acids is 2. The molecule has 0 radical (unpaired) electrons. The molecule has 22 heavy (non-hydrogen) atoms. The van der Waals surface area contributed by atoms with Crippen molar-refractivity contribution in [1.29, 1.82) is 0 Å². The number of aromatic nitrogens is 1. The number of nitrogens with two attached hydrogens (primary N) is 1. The Morgan fingerprint density at radius 3 is 2.73 bits per heavy atom. The van der Waals surface area contributed by atoms with E-state index in [1.54, 1.807) is 24.0 Å². The molecule has 2 rings (SSSR count). The third-order valence-corrected chi connectivity index (χ3v) is 4.72. The van der Waals surface area contributed by atoms with E-state index in [1.807, 2.05) is 20.8 Å². The number of nitrogens with one attached hydrogen (secondary N) is 1. The minimum atomic E-state index is -1.07. The van der Waals surface area contributed by atoms with Gasteiger partial charge in [0.15, 0.2) is 0 Å². The van der Waals surface area contributed by atoms with E-state index in [0.717, 1.165) is 5.56 Å². The summed E-state index contributed by atoms with van der Waals surface area (Å²) in [5.74, 6) is -1.06. The lowest BCUT2D eigenvalue weighted by atomic mass is 9.83. The summed E-state index contributed by atoms with van der Waals surface area (Å²) in [7, 11) is 0. The van der Waals surface area contributed by atoms with E-state index >= 15 is 0 Å². The SMILES string of the molecule is CCC(NC(=O)c1csc(-c2ccoc2)n1)(C(N)=O)C(C)C. The zero-order chi connectivity index (χ0) is 16.3. The van der Waals surface area contributed by atoms with Crippen molar-refractivity contribution in [3.63, 3.8) is 0 Å². The summed E-state index contributed by atoms with van der Waals surface area (Å²) in [6.45, 7) is 5.53. The van der Waals surface area contributed by atoms with Gasteiger partial charge < -0.3 is 15.5 Å². The van der Waals surface area contributed by atoms with Crippen molar-refractivity contribution in [2.24, 2.45) is 11.7 Å². The Labute approximate surface area is 132 Å². The van der Waals surface area contributed by atoms with Gasteiger partial charge in [-0.1, -0.05) is 20.8 Å². The molecule has 0 saturated heterocycles. The number of thiazole rings is 1. The van der Waals surface area contributed by atoms with Crippen LogP contribution >= 0.6 is 11.3 Å². The van der Waals surface area contributed by atoms with Crippen molar-refractivity contribution in [3.05, 3.63) is 29.7 Å². The van der Waals surface area contributed by atoms with Crippen LogP contribution in [-0.4, -0.2) is 22.3 Å². The molecule has 6 nitrogen and oxygen atoms in total. The summed E-state index contributed by atoms with van der Waals surface area (Å²) >= 11 is 1.34. The van der Waals surface area contributed by atoms with Gasteiger partial charge in [-0.15, -0.1) is 11.3 Å². The summed E-state index contributed by atoms with van der Waals surface area (Å²) in [4.78, 5) is 28.5. The predicted molar refractivity (Wildman–Crippen MR) is 84.3 cm³/mol. The molecule has 0 bridgehead atoms. The van der Waals surface area contributed by atoms with Gasteiger partial charge in [0.1, 0.15) is 22.5 Å². The van der Waals surface area contributed by atoms with Crippen LogP contribution in [0.15, 0.2) is 28.4 Å². The Kier molecular flexibility index (Phi) is 4.65. The molecule has 2 aromatic heterocycles. The van der Waals surface area contributed by atoms with Gasteiger partial charge >= 0.3 is 0 Å². The molecule has 1 unspecified atom stereocenters. The number of rotatable bonds is 6. The monoisotopic (exact) mass is 321 g/mol. The molecule has 0 fully saturated rings. The smallest absolute Gasteiger partial charge is 0.271 e. The second-order valence-electron chi connectivity index (χ2n) is 5.35. The van der Waals surface area contributed by atoms with E-state index < -0.39 is 17.4 Å². The summed E-state index contributed by atoms with van der Waals surface area (Å²) in [6, 6.07) is 1.77. The lowest BCUT2D eigenvalue weighted by Crippen LogP contribution is -2.60. The van der Waals surface area contributed by atoms with E-state index in [4.69, 9.17) is 10.2 Å². The van der Waals surface area contributed by atoms with Crippen LogP contribution in [0.1, 0.15) is 37.7 Å². The van der Waals surface area contributed by atoms with Crippen LogP contribution in [0.4, 0.5) is 0 Å². The molecule has 118 valence electrons. The van der Waals surface area contributed by atoms with Crippen molar-refractivity contribution in [3.8, 4) is 10.6 Å². The van der Waals surface area contributed by atoms with Crippen LogP contribution < -0.4 is 11.1 Å². The van der Waals surface area contributed by atoms with Crippen molar-refractivity contribution >= 4 is 23.2 Å². The number of carbonyl (C=O) groups is 2. The topological polar surface area (TPSA) is 98.2 Å². The van der Waals surface area contributed by atoms with E-state index in [1.165, 1.54) is 11.3 Å². The van der Waals surface area contributed by atoms with Crippen molar-refractivity contribution in [2.45, 2.75) is 32.7 Å². The fourth-order valence-corrected chi connectivity index (χ4v) is 3.11. The Bertz CT molecular complexity index is 663. The first-order chi connectivity index (χ1) is 10.4. The summed E-state index contributed by atoms with van der Waals surface area (Å²) in [5.41, 5.74) is 5.51. The van der Waals surface area contributed by atoms with E-state index in [2.05, 4.69) is 10.3 Å². The highest BCUT2D eigenvalue weighted by atomic mass is 32.1. The minimum absolute atomic E-state index is 0.120. The minimum Gasteiger partial charge on any atom is -0.472 e. The first-order valence-corrected chi connectivity index (χ1v) is 7.89. The van der Waals surface area contributed by atoms with E-state index in [0.29, 0.717) is 11.4 Å². The van der Waals surface area contributed by atoms with Gasteiger partial charge in [0.2, 0.25) is 5.91 Å². The molecule has 2 heterocycles. The van der Waals surface area contributed by atoms with Crippen LogP contribution in [0, 0.1) is 5.92 Å². The largest absolute Gasteiger partial charge is 0.472 e. The van der Waals surface area contributed by atoms with Crippen LogP contribution in [0.3, 0.4) is 0 Å². The Morgan fingerprint density at radius 1 is 1.50 bits per heavy atom. The molecule has 2 aromatic rings. The highest BCUT2D eigenvalue weighted by molar-refractivity contribution is 7.13. The van der Waals surface area contributed by atoms with Crippen molar-refractivity contribution in [1.82, 2.24) is 10.3 Å². The Hall–Kier alpha value is -2.15. The average molecular weight is 321 g/mol. The zero-order valence-electron chi connectivity index (χ0n) is 12.8. The molecular formula is C15H19N3O3S. The fraction of sp³-hybridized carbons (Fsp3) is 0.400. The lowest BCUT2D eigenvalue weighted by Gasteiger charge is -2.34. The molecule has 0 spiro atoms. The average Bonchev–Trinajstić information content (AvgIpc) is 3.13. The number of amides is 2. The van der Waals surface area contributed by atoms with Gasteiger partial charge in [-0.3, -0.25) is 9.59 Å². The number of primary amides is 1. The molecule has 0 aromatic carbocycles. The standard InChI is InChI=1S/C15H19N3O3S/c1-4-15(9(2)3,14(16)20)18-12(19)11-8-22-13(17-11)10-5-6-21-7-10/h5-9H,4H2,1-3H3,(H2,16,20)(H,18,19). The third kappa shape index (κ3) is 2.89. The van der Waals surface area contributed by atoms with Crippen LogP contribution in [0.25, 0.3) is 10.6 Å². The Morgan fingerprint density at radius 2 is 2.23 bits per heavy atom. The second kappa shape index (κ2) is 6.31. The molecule has 7 heteroatoms. The van der Waals surface area contributed by atoms with E-state index in [-0.39, 0.29) is 11.6 Å². The number of hydrogen-bond donors (Lipinski definition) is 2. The molecule has 2 amide bonds. The maximum Gasteiger partial charge on any atom is 0.271 e. The Balaban J connectivity index is 2.23. The molecule has 0 aliphatic heterocycles. The van der Waals surface area contributed by atoms with Crippen molar-refractivity contribution < 1.29 is 14.0 Å². The lowest BCUT2D eigenvalue weighted by molar-refractivity contribution is -0.126. The van der Waals surface area contributed by atoms with Crippen LogP contribution in [-0.2, 0) is 4.79 Å². The van der Waals surface area contributed by atoms with Crippen LogP contribution in [0.2, 0.25) is 0 Å². The molecule has 3 N–H and O–H groups in total. The summed E-state index contributed by atoms with van der Waals surface area (Å²) in [6.07, 6.45) is 3.53. The first kappa shape index (κ1) is 16.2. The summed E-state index contributed by atoms with van der Waals surface area (Å²) < 4.78 is 5.00. The maximum atomic E-state index is 12.4. The fourth-order valence-electron chi connectivity index (χ4n) is 2.32. The number of nitrogens with zero attached hydrogens (tertiary/aromatic N) is 1. The van der Waals surface area contributed by atoms with Gasteiger partial charge in [0.25, 0.3) is 5.91 Å². The first-order valence-electron chi connectivity index (χ1n) is 7.01.